The standard InChI is InChI=1S/C7H13NO2/c8-6-7(3-5-10)2-1-4-9/h7,9-10H,1-5H2. The van der Waals surface area contributed by atoms with Crippen molar-refractivity contribution in [3.63, 3.8) is 0 Å². The largest absolute Gasteiger partial charge is 0.396 e. The van der Waals surface area contributed by atoms with Crippen molar-refractivity contribution in [2.75, 3.05) is 13.2 Å². The minimum atomic E-state index is -0.0860. The summed E-state index contributed by atoms with van der Waals surface area (Å²) < 4.78 is 0. The summed E-state index contributed by atoms with van der Waals surface area (Å²) in [5.74, 6) is -0.0860. The van der Waals surface area contributed by atoms with Crippen LogP contribution < -0.4 is 0 Å². The van der Waals surface area contributed by atoms with Crippen molar-refractivity contribution in [3.05, 3.63) is 0 Å². The van der Waals surface area contributed by atoms with Gasteiger partial charge in [0, 0.05) is 19.1 Å². The van der Waals surface area contributed by atoms with Crippen LogP contribution in [0.15, 0.2) is 0 Å². The second-order valence-corrected chi connectivity index (χ2v) is 2.20. The van der Waals surface area contributed by atoms with Gasteiger partial charge in [0.05, 0.1) is 6.07 Å². The Bertz CT molecular complexity index is 109. The lowest BCUT2D eigenvalue weighted by molar-refractivity contribution is 0.249. The summed E-state index contributed by atoms with van der Waals surface area (Å²) in [5, 5.41) is 25.3. The van der Waals surface area contributed by atoms with Crippen LogP contribution in [0.2, 0.25) is 0 Å². The number of rotatable bonds is 5. The first kappa shape index (κ1) is 9.41. The van der Waals surface area contributed by atoms with Crippen LogP contribution in [0.3, 0.4) is 0 Å². The van der Waals surface area contributed by atoms with Gasteiger partial charge in [-0.05, 0) is 19.3 Å². The zero-order chi connectivity index (χ0) is 7.82. The highest BCUT2D eigenvalue weighted by Crippen LogP contribution is 2.08. The average Bonchev–Trinajstić information content (AvgIpc) is 1.98. The van der Waals surface area contributed by atoms with Crippen molar-refractivity contribution in [2.45, 2.75) is 19.3 Å². The Kier molecular flexibility index (Phi) is 6.14. The van der Waals surface area contributed by atoms with E-state index in [0.717, 1.165) is 0 Å². The van der Waals surface area contributed by atoms with E-state index < -0.39 is 0 Å². The van der Waals surface area contributed by atoms with Gasteiger partial charge in [0.2, 0.25) is 0 Å². The van der Waals surface area contributed by atoms with Crippen LogP contribution in [0, 0.1) is 17.2 Å². The first-order valence-corrected chi connectivity index (χ1v) is 3.46. The Balaban J connectivity index is 3.33. The van der Waals surface area contributed by atoms with Crippen LogP contribution >= 0.6 is 0 Å². The first-order chi connectivity index (χ1) is 4.85. The third kappa shape index (κ3) is 4.30. The van der Waals surface area contributed by atoms with E-state index in [9.17, 15) is 0 Å². The van der Waals surface area contributed by atoms with Gasteiger partial charge in [-0.2, -0.15) is 5.26 Å². The van der Waals surface area contributed by atoms with E-state index in [1.54, 1.807) is 0 Å². The Morgan fingerprint density at radius 1 is 1.20 bits per heavy atom. The molecule has 0 amide bonds. The van der Waals surface area contributed by atoms with Crippen LogP contribution in [0.4, 0.5) is 0 Å². The molecule has 2 N–H and O–H groups in total. The fourth-order valence-corrected chi connectivity index (χ4v) is 0.767. The molecule has 0 aromatic heterocycles. The lowest BCUT2D eigenvalue weighted by Gasteiger charge is -2.03. The van der Waals surface area contributed by atoms with E-state index in [1.165, 1.54) is 0 Å². The number of hydrogen-bond acceptors (Lipinski definition) is 3. The normalized spacial score (nSPS) is 12.5. The van der Waals surface area contributed by atoms with Crippen molar-refractivity contribution in [3.8, 4) is 6.07 Å². The molecule has 0 aromatic rings. The second-order valence-electron chi connectivity index (χ2n) is 2.20. The Morgan fingerprint density at radius 2 is 1.90 bits per heavy atom. The maximum absolute atomic E-state index is 8.45. The number of aliphatic hydroxyl groups excluding tert-OH is 2. The van der Waals surface area contributed by atoms with Crippen molar-refractivity contribution in [2.24, 2.45) is 5.92 Å². The molecule has 0 aliphatic carbocycles. The summed E-state index contributed by atoms with van der Waals surface area (Å²) in [7, 11) is 0. The SMILES string of the molecule is N#CC(CCO)CCCO. The van der Waals surface area contributed by atoms with Gasteiger partial charge in [-0.3, -0.25) is 0 Å². The van der Waals surface area contributed by atoms with Crippen LogP contribution in [0.25, 0.3) is 0 Å². The van der Waals surface area contributed by atoms with E-state index in [2.05, 4.69) is 6.07 Å². The van der Waals surface area contributed by atoms with Crippen LogP contribution in [-0.2, 0) is 0 Å². The topological polar surface area (TPSA) is 64.2 Å². The third-order valence-electron chi connectivity index (χ3n) is 1.37. The predicted octanol–water partition coefficient (Wildman–Crippen LogP) is 0.281. The molecule has 3 nitrogen and oxygen atoms in total. The number of aliphatic hydroxyl groups is 2. The molecule has 0 saturated heterocycles. The smallest absolute Gasteiger partial charge is 0.0656 e. The van der Waals surface area contributed by atoms with Crippen molar-refractivity contribution in [1.82, 2.24) is 0 Å². The molecule has 0 radical (unpaired) electrons. The van der Waals surface area contributed by atoms with Gasteiger partial charge in [0.25, 0.3) is 0 Å². The van der Waals surface area contributed by atoms with Gasteiger partial charge in [0.15, 0.2) is 0 Å². The molecule has 0 aliphatic rings. The van der Waals surface area contributed by atoms with Crippen LogP contribution in [0.1, 0.15) is 19.3 Å². The fourth-order valence-electron chi connectivity index (χ4n) is 0.767. The highest BCUT2D eigenvalue weighted by atomic mass is 16.3. The van der Waals surface area contributed by atoms with Gasteiger partial charge < -0.3 is 10.2 Å². The quantitative estimate of drug-likeness (QED) is 0.581. The predicted molar refractivity (Wildman–Crippen MR) is 37.1 cm³/mol. The fraction of sp³-hybridized carbons (Fsp3) is 0.857. The summed E-state index contributed by atoms with van der Waals surface area (Å²) in [5.41, 5.74) is 0. The average molecular weight is 143 g/mol. The molecule has 0 saturated carbocycles. The van der Waals surface area contributed by atoms with Crippen LogP contribution in [-0.4, -0.2) is 23.4 Å². The maximum atomic E-state index is 8.45. The van der Waals surface area contributed by atoms with E-state index >= 15 is 0 Å². The van der Waals surface area contributed by atoms with Gasteiger partial charge in [0.1, 0.15) is 0 Å². The van der Waals surface area contributed by atoms with Gasteiger partial charge in [-0.25, -0.2) is 0 Å². The zero-order valence-corrected chi connectivity index (χ0v) is 5.95. The molecule has 58 valence electrons. The van der Waals surface area contributed by atoms with Crippen molar-refractivity contribution >= 4 is 0 Å². The summed E-state index contributed by atoms with van der Waals surface area (Å²) in [4.78, 5) is 0. The molecule has 0 rings (SSSR count). The molecule has 0 aliphatic heterocycles. The van der Waals surface area contributed by atoms with E-state index in [1.807, 2.05) is 0 Å². The molecule has 0 aromatic carbocycles. The molecule has 0 heterocycles. The minimum absolute atomic E-state index is 0.0592. The second kappa shape index (κ2) is 6.53. The zero-order valence-electron chi connectivity index (χ0n) is 5.95. The summed E-state index contributed by atoms with van der Waals surface area (Å²) in [6.07, 6.45) is 1.86. The van der Waals surface area contributed by atoms with E-state index in [-0.39, 0.29) is 19.1 Å². The molecular formula is C7H13NO2. The number of nitrogens with zero attached hydrogens (tertiary/aromatic N) is 1. The monoisotopic (exact) mass is 143 g/mol. The lowest BCUT2D eigenvalue weighted by atomic mass is 10.0. The van der Waals surface area contributed by atoms with Gasteiger partial charge in [-0.1, -0.05) is 0 Å². The molecule has 0 spiro atoms. The Morgan fingerprint density at radius 3 is 2.30 bits per heavy atom. The van der Waals surface area contributed by atoms with Gasteiger partial charge >= 0.3 is 0 Å². The molecule has 0 bridgehead atoms. The Labute approximate surface area is 60.9 Å². The number of hydrogen-bond donors (Lipinski definition) is 2. The third-order valence-corrected chi connectivity index (χ3v) is 1.37. The lowest BCUT2D eigenvalue weighted by Crippen LogP contribution is -2.01. The summed E-state index contributed by atoms with van der Waals surface area (Å²) in [6, 6.07) is 2.07. The number of nitriles is 1. The van der Waals surface area contributed by atoms with Crippen LogP contribution in [0.5, 0.6) is 0 Å². The summed E-state index contributed by atoms with van der Waals surface area (Å²) >= 11 is 0. The highest BCUT2D eigenvalue weighted by molar-refractivity contribution is 4.81. The molecule has 1 atom stereocenters. The summed E-state index contributed by atoms with van der Waals surface area (Å²) in [6.45, 7) is 0.188. The first-order valence-electron chi connectivity index (χ1n) is 3.46. The minimum Gasteiger partial charge on any atom is -0.396 e. The van der Waals surface area contributed by atoms with Crippen molar-refractivity contribution in [1.29, 1.82) is 5.26 Å². The Hall–Kier alpha value is -0.590. The van der Waals surface area contributed by atoms with Crippen molar-refractivity contribution < 1.29 is 10.2 Å². The maximum Gasteiger partial charge on any atom is 0.0656 e. The molecule has 0 fully saturated rings. The van der Waals surface area contributed by atoms with E-state index in [0.29, 0.717) is 19.3 Å². The highest BCUT2D eigenvalue weighted by Gasteiger charge is 2.04. The molecule has 1 unspecified atom stereocenters. The molecule has 10 heavy (non-hydrogen) atoms. The molecular weight excluding hydrogens is 130 g/mol. The van der Waals surface area contributed by atoms with Gasteiger partial charge in [-0.15, -0.1) is 0 Å². The molecule has 3 heteroatoms. The van der Waals surface area contributed by atoms with E-state index in [4.69, 9.17) is 15.5 Å².